The third-order valence-corrected chi connectivity index (χ3v) is 2.76. The van der Waals surface area contributed by atoms with E-state index in [0.29, 0.717) is 6.54 Å². The molecule has 0 aliphatic carbocycles. The number of amides is 2. The number of nitrogens with zero attached hydrogens (tertiary/aromatic N) is 3. The molecule has 0 aliphatic heterocycles. The van der Waals surface area contributed by atoms with Crippen LogP contribution in [0, 0.1) is 0 Å². The van der Waals surface area contributed by atoms with Crippen LogP contribution in [-0.2, 0) is 13.6 Å². The van der Waals surface area contributed by atoms with Crippen LogP contribution in [-0.4, -0.2) is 26.8 Å². The van der Waals surface area contributed by atoms with Gasteiger partial charge in [0.1, 0.15) is 0 Å². The zero-order chi connectivity index (χ0) is 14.5. The first kappa shape index (κ1) is 14.0. The summed E-state index contributed by atoms with van der Waals surface area (Å²) in [5, 5.41) is 9.95. The summed E-state index contributed by atoms with van der Waals surface area (Å²) in [6.07, 6.45) is 3.49. The van der Waals surface area contributed by atoms with Crippen LogP contribution in [0.25, 0.3) is 11.3 Å². The predicted molar refractivity (Wildman–Crippen MR) is 76.9 cm³/mol. The van der Waals surface area contributed by atoms with Crippen LogP contribution < -0.4 is 10.6 Å². The Hall–Kier alpha value is -2.37. The van der Waals surface area contributed by atoms with Gasteiger partial charge in [0.05, 0.1) is 17.9 Å². The highest BCUT2D eigenvalue weighted by Crippen LogP contribution is 2.18. The highest BCUT2D eigenvalue weighted by atomic mass is 16.2. The maximum atomic E-state index is 11.5. The molecule has 0 saturated heterocycles. The normalized spacial score (nSPS) is 10.6. The van der Waals surface area contributed by atoms with Crippen LogP contribution in [0.5, 0.6) is 0 Å². The summed E-state index contributed by atoms with van der Waals surface area (Å²) in [5.74, 6) is 0. The number of pyridine rings is 1. The first-order valence-electron chi connectivity index (χ1n) is 6.54. The monoisotopic (exact) mass is 273 g/mol. The molecule has 0 fully saturated rings. The number of rotatable bonds is 4. The van der Waals surface area contributed by atoms with Crippen molar-refractivity contribution in [3.63, 3.8) is 0 Å². The van der Waals surface area contributed by atoms with Gasteiger partial charge in [-0.25, -0.2) is 4.79 Å². The van der Waals surface area contributed by atoms with E-state index in [0.717, 1.165) is 17.0 Å². The van der Waals surface area contributed by atoms with Gasteiger partial charge in [0.25, 0.3) is 0 Å². The number of hydrogen-bond donors (Lipinski definition) is 2. The molecule has 0 unspecified atom stereocenters. The van der Waals surface area contributed by atoms with E-state index in [1.165, 1.54) is 0 Å². The summed E-state index contributed by atoms with van der Waals surface area (Å²) in [6.45, 7) is 4.24. The Bertz CT molecular complexity index is 577. The van der Waals surface area contributed by atoms with Gasteiger partial charge in [0, 0.05) is 31.0 Å². The van der Waals surface area contributed by atoms with Crippen molar-refractivity contribution < 1.29 is 4.79 Å². The second kappa shape index (κ2) is 6.18. The number of urea groups is 1. The fourth-order valence-corrected chi connectivity index (χ4v) is 1.89. The molecule has 0 radical (unpaired) electrons. The molecule has 20 heavy (non-hydrogen) atoms. The Morgan fingerprint density at radius 1 is 1.35 bits per heavy atom. The van der Waals surface area contributed by atoms with Crippen LogP contribution in [0.4, 0.5) is 4.79 Å². The minimum absolute atomic E-state index is 0.117. The van der Waals surface area contributed by atoms with Gasteiger partial charge < -0.3 is 10.6 Å². The second-order valence-corrected chi connectivity index (χ2v) is 4.86. The predicted octanol–water partition coefficient (Wildman–Crippen LogP) is 1.69. The molecule has 2 aromatic rings. The van der Waals surface area contributed by atoms with E-state index in [1.54, 1.807) is 17.1 Å². The SMILES string of the molecule is CC(C)NC(=O)NCc1cc(-c2ccncc2)n(C)n1. The molecule has 2 amide bonds. The minimum Gasteiger partial charge on any atom is -0.336 e. The molecule has 2 aromatic heterocycles. The quantitative estimate of drug-likeness (QED) is 0.890. The zero-order valence-corrected chi connectivity index (χ0v) is 11.9. The topological polar surface area (TPSA) is 71.8 Å². The summed E-state index contributed by atoms with van der Waals surface area (Å²) in [5.41, 5.74) is 2.86. The molecule has 0 aliphatic rings. The van der Waals surface area contributed by atoms with E-state index in [9.17, 15) is 4.79 Å². The molecule has 0 atom stereocenters. The van der Waals surface area contributed by atoms with Crippen LogP contribution in [0.2, 0.25) is 0 Å². The van der Waals surface area contributed by atoms with Crippen molar-refractivity contribution in [3.05, 3.63) is 36.3 Å². The molecule has 6 nitrogen and oxygen atoms in total. The van der Waals surface area contributed by atoms with Gasteiger partial charge in [-0.2, -0.15) is 5.10 Å². The van der Waals surface area contributed by atoms with Gasteiger partial charge in [0.15, 0.2) is 0 Å². The van der Waals surface area contributed by atoms with Crippen molar-refractivity contribution in [1.29, 1.82) is 0 Å². The first-order valence-corrected chi connectivity index (χ1v) is 6.54. The van der Waals surface area contributed by atoms with Gasteiger partial charge >= 0.3 is 6.03 Å². The van der Waals surface area contributed by atoms with E-state index in [2.05, 4.69) is 20.7 Å². The Morgan fingerprint density at radius 3 is 2.70 bits per heavy atom. The minimum atomic E-state index is -0.184. The van der Waals surface area contributed by atoms with Gasteiger partial charge in [-0.05, 0) is 32.0 Å². The summed E-state index contributed by atoms with van der Waals surface area (Å²) >= 11 is 0. The largest absolute Gasteiger partial charge is 0.336 e. The molecule has 2 N–H and O–H groups in total. The van der Waals surface area contributed by atoms with Crippen LogP contribution in [0.15, 0.2) is 30.6 Å². The van der Waals surface area contributed by atoms with Crippen molar-refractivity contribution in [3.8, 4) is 11.3 Å². The lowest BCUT2D eigenvalue weighted by Gasteiger charge is -2.08. The van der Waals surface area contributed by atoms with E-state index in [-0.39, 0.29) is 12.1 Å². The highest BCUT2D eigenvalue weighted by molar-refractivity contribution is 5.74. The van der Waals surface area contributed by atoms with E-state index in [1.807, 2.05) is 39.1 Å². The van der Waals surface area contributed by atoms with Crippen molar-refractivity contribution in [2.24, 2.45) is 7.05 Å². The molecule has 0 aromatic carbocycles. The zero-order valence-electron chi connectivity index (χ0n) is 11.9. The molecule has 6 heteroatoms. The molecule has 2 rings (SSSR count). The number of carbonyl (C=O) groups excluding carboxylic acids is 1. The van der Waals surface area contributed by atoms with Crippen molar-refractivity contribution >= 4 is 6.03 Å². The third-order valence-electron chi connectivity index (χ3n) is 2.76. The Balaban J connectivity index is 2.03. The van der Waals surface area contributed by atoms with Crippen LogP contribution >= 0.6 is 0 Å². The number of carbonyl (C=O) groups is 1. The van der Waals surface area contributed by atoms with E-state index in [4.69, 9.17) is 0 Å². The molecular weight excluding hydrogens is 254 g/mol. The number of hydrogen-bond acceptors (Lipinski definition) is 3. The molecule has 106 valence electrons. The average molecular weight is 273 g/mol. The van der Waals surface area contributed by atoms with E-state index >= 15 is 0 Å². The second-order valence-electron chi connectivity index (χ2n) is 4.86. The molecule has 2 heterocycles. The Labute approximate surface area is 118 Å². The summed E-state index contributed by atoms with van der Waals surface area (Å²) in [6, 6.07) is 5.76. The summed E-state index contributed by atoms with van der Waals surface area (Å²) in [4.78, 5) is 15.5. The number of nitrogens with one attached hydrogen (secondary N) is 2. The standard InChI is InChI=1S/C14H19N5O/c1-10(2)17-14(20)16-9-12-8-13(19(3)18-12)11-4-6-15-7-5-11/h4-8,10H,9H2,1-3H3,(H2,16,17,20). The van der Waals surface area contributed by atoms with E-state index < -0.39 is 0 Å². The van der Waals surface area contributed by atoms with Crippen LogP contribution in [0.1, 0.15) is 19.5 Å². The fourth-order valence-electron chi connectivity index (χ4n) is 1.89. The molecule has 0 spiro atoms. The summed E-state index contributed by atoms with van der Waals surface area (Å²) < 4.78 is 1.80. The van der Waals surface area contributed by atoms with Gasteiger partial charge in [-0.3, -0.25) is 9.67 Å². The lowest BCUT2D eigenvalue weighted by atomic mass is 10.2. The maximum Gasteiger partial charge on any atom is 0.315 e. The average Bonchev–Trinajstić information content (AvgIpc) is 2.78. The number of aryl methyl sites for hydroxylation is 1. The Kier molecular flexibility index (Phi) is 4.34. The molecular formula is C14H19N5O. The molecule has 0 saturated carbocycles. The van der Waals surface area contributed by atoms with Crippen molar-refractivity contribution in [1.82, 2.24) is 25.4 Å². The molecule has 0 bridgehead atoms. The van der Waals surface area contributed by atoms with Crippen molar-refractivity contribution in [2.75, 3.05) is 0 Å². The summed E-state index contributed by atoms with van der Waals surface area (Å²) in [7, 11) is 1.88. The number of aromatic nitrogens is 3. The highest BCUT2D eigenvalue weighted by Gasteiger charge is 2.08. The maximum absolute atomic E-state index is 11.5. The van der Waals surface area contributed by atoms with Gasteiger partial charge in [-0.15, -0.1) is 0 Å². The van der Waals surface area contributed by atoms with Gasteiger partial charge in [0.2, 0.25) is 0 Å². The first-order chi connectivity index (χ1) is 9.56. The smallest absolute Gasteiger partial charge is 0.315 e. The lowest BCUT2D eigenvalue weighted by molar-refractivity contribution is 0.238. The third kappa shape index (κ3) is 3.57. The van der Waals surface area contributed by atoms with Crippen LogP contribution in [0.3, 0.4) is 0 Å². The van der Waals surface area contributed by atoms with Gasteiger partial charge in [-0.1, -0.05) is 0 Å². The fraction of sp³-hybridized carbons (Fsp3) is 0.357. The Morgan fingerprint density at radius 2 is 2.05 bits per heavy atom. The van der Waals surface area contributed by atoms with Crippen molar-refractivity contribution in [2.45, 2.75) is 26.4 Å². The lowest BCUT2D eigenvalue weighted by Crippen LogP contribution is -2.39.